The highest BCUT2D eigenvalue weighted by Crippen LogP contribution is 2.28. The largest absolute Gasteiger partial charge is 0.311 e. The van der Waals surface area contributed by atoms with Gasteiger partial charge in [-0.25, -0.2) is 0 Å². The molecule has 0 aliphatic carbocycles. The first-order valence-electron chi connectivity index (χ1n) is 6.72. The number of rotatable bonds is 1. The van der Waals surface area contributed by atoms with Crippen molar-refractivity contribution in [3.63, 3.8) is 0 Å². The summed E-state index contributed by atoms with van der Waals surface area (Å²) in [6.45, 7) is 2.24. The zero-order chi connectivity index (χ0) is 14.8. The predicted molar refractivity (Wildman–Crippen MR) is 91.7 cm³/mol. The van der Waals surface area contributed by atoms with Gasteiger partial charge in [0.25, 0.3) is 5.91 Å². The van der Waals surface area contributed by atoms with Crippen LogP contribution in [0.15, 0.2) is 51.4 Å². The zero-order valence-electron chi connectivity index (χ0n) is 11.3. The molecule has 0 unspecified atom stereocenters. The molecule has 1 aliphatic rings. The number of hydrogen-bond acceptors (Lipinski definition) is 2. The first-order valence-corrected chi connectivity index (χ1v) is 8.31. The topological polar surface area (TPSA) is 32.3 Å². The summed E-state index contributed by atoms with van der Waals surface area (Å²) in [7, 11) is 0. The van der Waals surface area contributed by atoms with Crippen LogP contribution in [0.3, 0.4) is 0 Å². The smallest absolute Gasteiger partial charge is 0.259 e. The fourth-order valence-electron chi connectivity index (χ4n) is 2.48. The van der Waals surface area contributed by atoms with Gasteiger partial charge in [-0.3, -0.25) is 4.79 Å². The fraction of sp³-hybridized carbons (Fsp3) is 0.188. The zero-order valence-corrected chi connectivity index (χ0v) is 14.4. The Hall–Kier alpha value is -1.17. The summed E-state index contributed by atoms with van der Waals surface area (Å²) < 4.78 is 1.75. The lowest BCUT2D eigenvalue weighted by Gasteiger charge is -2.23. The standard InChI is InChI=1S/C16H14Br2N2O/c17-12-5-6-13(14(18)9-12)16(21)20-8-7-19-10-11-3-1-2-4-15(11)20/h1-6,9,19H,7-8,10H2. The Morgan fingerprint density at radius 3 is 2.76 bits per heavy atom. The normalized spacial score (nSPS) is 14.5. The maximum atomic E-state index is 12.9. The van der Waals surface area contributed by atoms with Gasteiger partial charge in [-0.15, -0.1) is 0 Å². The Bertz CT molecular complexity index is 688. The van der Waals surface area contributed by atoms with Crippen LogP contribution in [0.2, 0.25) is 0 Å². The molecule has 0 bridgehead atoms. The molecule has 0 fully saturated rings. The molecule has 0 aromatic heterocycles. The molecule has 108 valence electrons. The summed E-state index contributed by atoms with van der Waals surface area (Å²) in [5.41, 5.74) is 2.81. The van der Waals surface area contributed by atoms with Gasteiger partial charge in [-0.1, -0.05) is 34.1 Å². The number of nitrogens with one attached hydrogen (secondary N) is 1. The number of para-hydroxylation sites is 1. The first kappa shape index (κ1) is 14.8. The number of fused-ring (bicyclic) bond motifs is 1. The van der Waals surface area contributed by atoms with Crippen LogP contribution < -0.4 is 10.2 Å². The third kappa shape index (κ3) is 3.05. The molecule has 3 rings (SSSR count). The average molecular weight is 410 g/mol. The molecule has 1 N–H and O–H groups in total. The second-order valence-corrected chi connectivity index (χ2v) is 6.66. The van der Waals surface area contributed by atoms with Crippen molar-refractivity contribution in [3.05, 3.63) is 62.5 Å². The highest BCUT2D eigenvalue weighted by Gasteiger charge is 2.23. The van der Waals surface area contributed by atoms with Gasteiger partial charge >= 0.3 is 0 Å². The van der Waals surface area contributed by atoms with E-state index in [0.717, 1.165) is 33.3 Å². The van der Waals surface area contributed by atoms with Crippen molar-refractivity contribution in [1.29, 1.82) is 0 Å². The molecule has 2 aromatic rings. The second kappa shape index (κ2) is 6.30. The average Bonchev–Trinajstić information content (AvgIpc) is 2.69. The maximum Gasteiger partial charge on any atom is 0.259 e. The van der Waals surface area contributed by atoms with Crippen molar-refractivity contribution in [2.24, 2.45) is 0 Å². The summed E-state index contributed by atoms with van der Waals surface area (Å²) >= 11 is 6.90. The maximum absolute atomic E-state index is 12.9. The summed E-state index contributed by atoms with van der Waals surface area (Å²) in [6.07, 6.45) is 0. The number of hydrogen-bond donors (Lipinski definition) is 1. The molecular formula is C16H14Br2N2O. The van der Waals surface area contributed by atoms with Gasteiger partial charge in [0.05, 0.1) is 5.56 Å². The Kier molecular flexibility index (Phi) is 4.42. The number of carbonyl (C=O) groups is 1. The van der Waals surface area contributed by atoms with Crippen molar-refractivity contribution in [1.82, 2.24) is 5.32 Å². The molecule has 5 heteroatoms. The molecule has 1 heterocycles. The molecule has 0 radical (unpaired) electrons. The minimum Gasteiger partial charge on any atom is -0.311 e. The lowest BCUT2D eigenvalue weighted by atomic mass is 10.1. The highest BCUT2D eigenvalue weighted by molar-refractivity contribution is 9.11. The van der Waals surface area contributed by atoms with Gasteiger partial charge in [0.15, 0.2) is 0 Å². The molecule has 1 aliphatic heterocycles. The lowest BCUT2D eigenvalue weighted by molar-refractivity contribution is 0.0987. The minimum atomic E-state index is 0.0190. The number of anilines is 1. The monoisotopic (exact) mass is 408 g/mol. The summed E-state index contributed by atoms with van der Waals surface area (Å²) in [4.78, 5) is 14.8. The van der Waals surface area contributed by atoms with Crippen LogP contribution in [-0.4, -0.2) is 19.0 Å². The van der Waals surface area contributed by atoms with Gasteiger partial charge in [-0.05, 0) is 45.8 Å². The molecule has 0 saturated heterocycles. The second-order valence-electron chi connectivity index (χ2n) is 4.89. The van der Waals surface area contributed by atoms with Crippen molar-refractivity contribution in [3.8, 4) is 0 Å². The molecular weight excluding hydrogens is 396 g/mol. The van der Waals surface area contributed by atoms with Gasteiger partial charge in [-0.2, -0.15) is 0 Å². The van der Waals surface area contributed by atoms with Gasteiger partial charge in [0.2, 0.25) is 0 Å². The van der Waals surface area contributed by atoms with E-state index in [4.69, 9.17) is 0 Å². The Balaban J connectivity index is 2.01. The van der Waals surface area contributed by atoms with E-state index >= 15 is 0 Å². The third-order valence-corrected chi connectivity index (χ3v) is 4.67. The van der Waals surface area contributed by atoms with Crippen LogP contribution in [0.5, 0.6) is 0 Å². The van der Waals surface area contributed by atoms with Gasteiger partial charge in [0.1, 0.15) is 0 Å². The highest BCUT2D eigenvalue weighted by atomic mass is 79.9. The Morgan fingerprint density at radius 1 is 1.14 bits per heavy atom. The number of amides is 1. The van der Waals surface area contributed by atoms with E-state index < -0.39 is 0 Å². The van der Waals surface area contributed by atoms with Crippen molar-refractivity contribution >= 4 is 43.5 Å². The van der Waals surface area contributed by atoms with Crippen molar-refractivity contribution < 1.29 is 4.79 Å². The first-order chi connectivity index (χ1) is 10.2. The van der Waals surface area contributed by atoms with E-state index in [1.807, 2.05) is 41.3 Å². The van der Waals surface area contributed by atoms with Gasteiger partial charge in [0, 0.05) is 34.3 Å². The molecule has 1 amide bonds. The Morgan fingerprint density at radius 2 is 1.95 bits per heavy atom. The Labute approximate surface area is 140 Å². The quantitative estimate of drug-likeness (QED) is 0.772. The molecule has 0 saturated carbocycles. The van der Waals surface area contributed by atoms with E-state index in [9.17, 15) is 4.79 Å². The number of nitrogens with zero attached hydrogens (tertiary/aromatic N) is 1. The molecule has 21 heavy (non-hydrogen) atoms. The van der Waals surface area contributed by atoms with Gasteiger partial charge < -0.3 is 10.2 Å². The number of benzene rings is 2. The van der Waals surface area contributed by atoms with Crippen molar-refractivity contribution in [2.75, 3.05) is 18.0 Å². The van der Waals surface area contributed by atoms with E-state index in [-0.39, 0.29) is 5.91 Å². The molecule has 3 nitrogen and oxygen atoms in total. The predicted octanol–water partition coefficient (Wildman–Crippen LogP) is 3.96. The number of carbonyl (C=O) groups excluding carboxylic acids is 1. The summed E-state index contributed by atoms with van der Waals surface area (Å²) in [5.74, 6) is 0.0190. The van der Waals surface area contributed by atoms with Crippen LogP contribution in [0, 0.1) is 0 Å². The number of halogens is 2. The fourth-order valence-corrected chi connectivity index (χ4v) is 3.69. The molecule has 0 spiro atoms. The van der Waals surface area contributed by atoms with Crippen LogP contribution >= 0.6 is 31.9 Å². The summed E-state index contributed by atoms with van der Waals surface area (Å²) in [6, 6.07) is 13.7. The van der Waals surface area contributed by atoms with E-state index in [2.05, 4.69) is 43.2 Å². The van der Waals surface area contributed by atoms with Crippen molar-refractivity contribution in [2.45, 2.75) is 6.54 Å². The van der Waals surface area contributed by atoms with Crippen LogP contribution in [0.1, 0.15) is 15.9 Å². The SMILES string of the molecule is O=C(c1ccc(Br)cc1Br)N1CCNCc2ccccc21. The summed E-state index contributed by atoms with van der Waals surface area (Å²) in [5, 5.41) is 3.35. The lowest BCUT2D eigenvalue weighted by Crippen LogP contribution is -2.34. The van der Waals surface area contributed by atoms with Crippen LogP contribution in [0.25, 0.3) is 0 Å². The molecule has 0 atom stereocenters. The van der Waals surface area contributed by atoms with E-state index in [1.165, 1.54) is 0 Å². The van der Waals surface area contributed by atoms with E-state index in [1.54, 1.807) is 0 Å². The minimum absolute atomic E-state index is 0.0190. The van der Waals surface area contributed by atoms with Crippen LogP contribution in [0.4, 0.5) is 5.69 Å². The van der Waals surface area contributed by atoms with E-state index in [0.29, 0.717) is 12.1 Å². The third-order valence-electron chi connectivity index (χ3n) is 3.52. The molecule has 2 aromatic carbocycles. The van der Waals surface area contributed by atoms with Crippen LogP contribution in [-0.2, 0) is 6.54 Å².